The number of carbonyl (C=O) groups is 2. The van der Waals surface area contributed by atoms with Gasteiger partial charge in [-0.25, -0.2) is 0 Å². The van der Waals surface area contributed by atoms with E-state index in [1.54, 1.807) is 23.3 Å². The maximum atomic E-state index is 13.4. The summed E-state index contributed by atoms with van der Waals surface area (Å²) in [6, 6.07) is 20.6. The Morgan fingerprint density at radius 3 is 2.36 bits per heavy atom. The highest BCUT2D eigenvalue weighted by atomic mass is 16.3. The highest BCUT2D eigenvalue weighted by molar-refractivity contribution is 5.89. The van der Waals surface area contributed by atoms with Gasteiger partial charge in [0, 0.05) is 43.7 Å². The zero-order chi connectivity index (χ0) is 25.7. The average Bonchev–Trinajstić information content (AvgIpc) is 3.42. The van der Waals surface area contributed by atoms with E-state index in [0.717, 1.165) is 22.5 Å². The van der Waals surface area contributed by atoms with E-state index in [1.165, 1.54) is 0 Å². The van der Waals surface area contributed by atoms with Gasteiger partial charge in [-0.3, -0.25) is 14.5 Å². The van der Waals surface area contributed by atoms with Gasteiger partial charge in [-0.15, -0.1) is 0 Å². The first-order chi connectivity index (χ1) is 17.4. The molecule has 1 fully saturated rings. The van der Waals surface area contributed by atoms with E-state index in [9.17, 15) is 9.59 Å². The van der Waals surface area contributed by atoms with Crippen LogP contribution in [0.4, 0.5) is 0 Å². The molecule has 7 nitrogen and oxygen atoms in total. The van der Waals surface area contributed by atoms with Gasteiger partial charge in [0.2, 0.25) is 11.8 Å². The number of amides is 2. The van der Waals surface area contributed by atoms with Crippen LogP contribution in [-0.2, 0) is 22.7 Å². The van der Waals surface area contributed by atoms with Crippen molar-refractivity contribution in [2.45, 2.75) is 45.9 Å². The zero-order valence-electron chi connectivity index (χ0n) is 21.0. The van der Waals surface area contributed by atoms with E-state index in [2.05, 4.69) is 16.3 Å². The maximum Gasteiger partial charge on any atom is 0.244 e. The fourth-order valence-corrected chi connectivity index (χ4v) is 4.66. The standard InChI is InChI=1S/C29H32N4O3/c1-20(2)29(35)33-21(3)17-32(18-24-8-6-22(15-30)7-9-24)19-26(33)28(34)31-16-23-10-12-25(13-11-23)27-5-4-14-36-27/h4-14,20-21,26H,16-19H2,1-3H3,(H,31,34). The topological polar surface area (TPSA) is 89.6 Å². The lowest BCUT2D eigenvalue weighted by molar-refractivity contribution is -0.150. The Hall–Kier alpha value is -3.89. The second-order valence-corrected chi connectivity index (χ2v) is 9.66. The fourth-order valence-electron chi connectivity index (χ4n) is 4.66. The molecular formula is C29H32N4O3. The van der Waals surface area contributed by atoms with Crippen LogP contribution in [0, 0.1) is 17.2 Å². The summed E-state index contributed by atoms with van der Waals surface area (Å²) in [6.07, 6.45) is 1.64. The summed E-state index contributed by atoms with van der Waals surface area (Å²) in [6.45, 7) is 7.89. The Labute approximate surface area is 212 Å². The molecule has 1 aromatic heterocycles. The van der Waals surface area contributed by atoms with Gasteiger partial charge in [-0.05, 0) is 42.3 Å². The van der Waals surface area contributed by atoms with Crippen molar-refractivity contribution in [2.24, 2.45) is 5.92 Å². The predicted octanol–water partition coefficient (Wildman–Crippen LogP) is 4.19. The van der Waals surface area contributed by atoms with Gasteiger partial charge in [0.05, 0.1) is 17.9 Å². The molecule has 3 aromatic rings. The normalized spacial score (nSPS) is 18.1. The summed E-state index contributed by atoms with van der Waals surface area (Å²) in [7, 11) is 0. The van der Waals surface area contributed by atoms with Crippen molar-refractivity contribution in [1.29, 1.82) is 5.26 Å². The summed E-state index contributed by atoms with van der Waals surface area (Å²) in [4.78, 5) is 30.4. The SMILES string of the molecule is CC(C)C(=O)N1C(C)CN(Cc2ccc(C#N)cc2)CC1C(=O)NCc1ccc(-c2ccco2)cc1. The molecule has 36 heavy (non-hydrogen) atoms. The number of rotatable bonds is 7. The summed E-state index contributed by atoms with van der Waals surface area (Å²) >= 11 is 0. The van der Waals surface area contributed by atoms with Gasteiger partial charge in [-0.2, -0.15) is 5.26 Å². The molecule has 4 rings (SSSR count). The van der Waals surface area contributed by atoms with Crippen molar-refractivity contribution in [3.05, 3.63) is 83.6 Å². The van der Waals surface area contributed by atoms with Crippen LogP contribution >= 0.6 is 0 Å². The van der Waals surface area contributed by atoms with Crippen molar-refractivity contribution in [2.75, 3.05) is 13.1 Å². The van der Waals surface area contributed by atoms with Crippen LogP contribution in [0.1, 0.15) is 37.5 Å². The van der Waals surface area contributed by atoms with Crippen LogP contribution in [0.3, 0.4) is 0 Å². The maximum absolute atomic E-state index is 13.4. The number of benzene rings is 2. The number of piperazine rings is 1. The quantitative estimate of drug-likeness (QED) is 0.543. The number of hydrogen-bond donors (Lipinski definition) is 1. The molecule has 1 saturated heterocycles. The van der Waals surface area contributed by atoms with Crippen LogP contribution in [0.15, 0.2) is 71.3 Å². The third-order valence-electron chi connectivity index (χ3n) is 6.53. The number of furan rings is 1. The molecule has 1 aliphatic rings. The van der Waals surface area contributed by atoms with Crippen LogP contribution in [0.2, 0.25) is 0 Å². The molecule has 0 saturated carbocycles. The number of nitriles is 1. The van der Waals surface area contributed by atoms with Crippen molar-refractivity contribution >= 4 is 11.8 Å². The van der Waals surface area contributed by atoms with Crippen molar-refractivity contribution in [3.8, 4) is 17.4 Å². The van der Waals surface area contributed by atoms with Gasteiger partial charge in [0.1, 0.15) is 11.8 Å². The van der Waals surface area contributed by atoms with E-state index in [1.807, 2.05) is 69.3 Å². The Balaban J connectivity index is 1.45. The van der Waals surface area contributed by atoms with Crippen LogP contribution < -0.4 is 5.32 Å². The predicted molar refractivity (Wildman–Crippen MR) is 137 cm³/mol. The monoisotopic (exact) mass is 484 g/mol. The summed E-state index contributed by atoms with van der Waals surface area (Å²) in [5, 5.41) is 12.1. The van der Waals surface area contributed by atoms with Gasteiger partial charge >= 0.3 is 0 Å². The minimum atomic E-state index is -0.579. The van der Waals surface area contributed by atoms with E-state index < -0.39 is 6.04 Å². The number of nitrogens with zero attached hydrogens (tertiary/aromatic N) is 3. The van der Waals surface area contributed by atoms with Gasteiger partial charge in [0.15, 0.2) is 0 Å². The van der Waals surface area contributed by atoms with E-state index >= 15 is 0 Å². The molecule has 2 heterocycles. The van der Waals surface area contributed by atoms with E-state index in [0.29, 0.717) is 31.7 Å². The zero-order valence-corrected chi connectivity index (χ0v) is 21.0. The van der Waals surface area contributed by atoms with Gasteiger partial charge < -0.3 is 14.6 Å². The number of nitrogens with one attached hydrogen (secondary N) is 1. The summed E-state index contributed by atoms with van der Waals surface area (Å²) in [5.41, 5.74) is 3.64. The summed E-state index contributed by atoms with van der Waals surface area (Å²) in [5.74, 6) is 0.438. The average molecular weight is 485 g/mol. The van der Waals surface area contributed by atoms with Crippen molar-refractivity contribution in [3.63, 3.8) is 0 Å². The van der Waals surface area contributed by atoms with Crippen molar-refractivity contribution < 1.29 is 14.0 Å². The fraction of sp³-hybridized carbons (Fsp3) is 0.345. The molecule has 1 N–H and O–H groups in total. The van der Waals surface area contributed by atoms with Crippen molar-refractivity contribution in [1.82, 2.24) is 15.1 Å². The lowest BCUT2D eigenvalue weighted by Gasteiger charge is -2.45. The minimum absolute atomic E-state index is 0.0107. The van der Waals surface area contributed by atoms with Crippen LogP contribution in [0.25, 0.3) is 11.3 Å². The minimum Gasteiger partial charge on any atom is -0.464 e. The molecular weight excluding hydrogens is 452 g/mol. The number of hydrogen-bond acceptors (Lipinski definition) is 5. The second-order valence-electron chi connectivity index (χ2n) is 9.66. The molecule has 0 bridgehead atoms. The highest BCUT2D eigenvalue weighted by Gasteiger charge is 2.39. The Morgan fingerprint density at radius 1 is 1.06 bits per heavy atom. The summed E-state index contributed by atoms with van der Waals surface area (Å²) < 4.78 is 5.44. The first-order valence-electron chi connectivity index (χ1n) is 12.3. The first-order valence-corrected chi connectivity index (χ1v) is 12.3. The largest absolute Gasteiger partial charge is 0.464 e. The Kier molecular flexibility index (Phi) is 7.87. The second kappa shape index (κ2) is 11.2. The Morgan fingerprint density at radius 2 is 1.75 bits per heavy atom. The van der Waals surface area contributed by atoms with Gasteiger partial charge in [-0.1, -0.05) is 50.2 Å². The number of carbonyl (C=O) groups excluding carboxylic acids is 2. The smallest absolute Gasteiger partial charge is 0.244 e. The lowest BCUT2D eigenvalue weighted by Crippen LogP contribution is -2.64. The van der Waals surface area contributed by atoms with Gasteiger partial charge in [0.25, 0.3) is 0 Å². The highest BCUT2D eigenvalue weighted by Crippen LogP contribution is 2.22. The lowest BCUT2D eigenvalue weighted by atomic mass is 10.0. The third-order valence-corrected chi connectivity index (χ3v) is 6.53. The van der Waals surface area contributed by atoms with Crippen LogP contribution in [-0.4, -0.2) is 46.8 Å². The molecule has 2 atom stereocenters. The van der Waals surface area contributed by atoms with E-state index in [-0.39, 0.29) is 23.8 Å². The van der Waals surface area contributed by atoms with Crippen LogP contribution in [0.5, 0.6) is 0 Å². The molecule has 0 aliphatic carbocycles. The first kappa shape index (κ1) is 25.2. The molecule has 2 amide bonds. The molecule has 186 valence electrons. The molecule has 2 aromatic carbocycles. The molecule has 0 spiro atoms. The van der Waals surface area contributed by atoms with E-state index in [4.69, 9.17) is 9.68 Å². The molecule has 0 radical (unpaired) electrons. The third kappa shape index (κ3) is 5.84. The molecule has 7 heteroatoms. The Bertz CT molecular complexity index is 1210. The molecule has 2 unspecified atom stereocenters. The molecule has 1 aliphatic heterocycles.